The van der Waals surface area contributed by atoms with E-state index in [2.05, 4.69) is 10.6 Å². The summed E-state index contributed by atoms with van der Waals surface area (Å²) in [7, 11) is 0. The number of amides is 2. The van der Waals surface area contributed by atoms with Gasteiger partial charge < -0.3 is 20.5 Å². The minimum atomic E-state index is -1.10. The van der Waals surface area contributed by atoms with Gasteiger partial charge in [-0.15, -0.1) is 0 Å². The molecule has 132 valence electrons. The van der Waals surface area contributed by atoms with E-state index >= 15 is 0 Å². The molecule has 1 rings (SSSR count). The molecule has 0 bridgehead atoms. The van der Waals surface area contributed by atoms with E-state index in [-0.39, 0.29) is 12.5 Å². The molecule has 0 radical (unpaired) electrons. The summed E-state index contributed by atoms with van der Waals surface area (Å²) in [6.07, 6.45) is -0.130. The number of rotatable bonds is 8. The van der Waals surface area contributed by atoms with Gasteiger partial charge in [0.1, 0.15) is 18.7 Å². The zero-order chi connectivity index (χ0) is 18.1. The first kappa shape index (κ1) is 19.5. The van der Waals surface area contributed by atoms with E-state index in [1.807, 2.05) is 37.3 Å². The summed E-state index contributed by atoms with van der Waals surface area (Å²) >= 11 is 0. The minimum absolute atomic E-state index is 0.0889. The third-order valence-corrected chi connectivity index (χ3v) is 3.72. The van der Waals surface area contributed by atoms with Crippen LogP contribution in [-0.4, -0.2) is 35.2 Å². The Labute approximate surface area is 141 Å². The summed E-state index contributed by atoms with van der Waals surface area (Å²) in [5.74, 6) is -1.89. The smallest absolute Gasteiger partial charge is 0.408 e. The number of hydrogen-bond donors (Lipinski definition) is 3. The Morgan fingerprint density at radius 1 is 1.12 bits per heavy atom. The van der Waals surface area contributed by atoms with Crippen LogP contribution in [0.5, 0.6) is 0 Å². The molecule has 0 spiro atoms. The van der Waals surface area contributed by atoms with Crippen molar-refractivity contribution in [2.45, 2.75) is 45.9 Å². The van der Waals surface area contributed by atoms with Crippen molar-refractivity contribution < 1.29 is 24.2 Å². The molecule has 0 aromatic heterocycles. The van der Waals surface area contributed by atoms with E-state index in [9.17, 15) is 19.5 Å². The summed E-state index contributed by atoms with van der Waals surface area (Å²) in [6, 6.07) is 7.24. The Kier molecular flexibility index (Phi) is 7.74. The van der Waals surface area contributed by atoms with E-state index in [4.69, 9.17) is 4.74 Å². The second kappa shape index (κ2) is 9.54. The molecule has 24 heavy (non-hydrogen) atoms. The summed E-state index contributed by atoms with van der Waals surface area (Å²) in [6.45, 7) is 5.14. The summed E-state index contributed by atoms with van der Waals surface area (Å²) < 4.78 is 5.02. The third kappa shape index (κ3) is 6.28. The van der Waals surface area contributed by atoms with Crippen molar-refractivity contribution in [3.63, 3.8) is 0 Å². The second-order valence-corrected chi connectivity index (χ2v) is 5.64. The van der Waals surface area contributed by atoms with Gasteiger partial charge in [0.15, 0.2) is 0 Å². The number of nitrogens with one attached hydrogen (secondary N) is 2. The fraction of sp³-hybridized carbons (Fsp3) is 0.471. The molecule has 0 heterocycles. The van der Waals surface area contributed by atoms with Crippen LogP contribution < -0.4 is 10.6 Å². The van der Waals surface area contributed by atoms with Gasteiger partial charge in [-0.2, -0.15) is 0 Å². The highest BCUT2D eigenvalue weighted by molar-refractivity contribution is 5.89. The van der Waals surface area contributed by atoms with Gasteiger partial charge in [0.2, 0.25) is 5.91 Å². The lowest BCUT2D eigenvalue weighted by Gasteiger charge is -2.22. The van der Waals surface area contributed by atoms with Gasteiger partial charge in [-0.05, 0) is 18.4 Å². The Hall–Kier alpha value is -2.57. The number of benzene rings is 1. The quantitative estimate of drug-likeness (QED) is 0.673. The number of carbonyl (C=O) groups excluding carboxylic acids is 2. The van der Waals surface area contributed by atoms with Crippen molar-refractivity contribution in [2.24, 2.45) is 5.92 Å². The van der Waals surface area contributed by atoms with Gasteiger partial charge in [-0.1, -0.05) is 50.6 Å². The van der Waals surface area contributed by atoms with E-state index in [0.717, 1.165) is 5.56 Å². The maximum Gasteiger partial charge on any atom is 0.408 e. The normalized spacial score (nSPS) is 14.1. The average molecular weight is 336 g/mol. The van der Waals surface area contributed by atoms with Crippen LogP contribution in [0.25, 0.3) is 0 Å². The van der Waals surface area contributed by atoms with Crippen LogP contribution in [0, 0.1) is 5.92 Å². The molecule has 1 aromatic rings. The fourth-order valence-corrected chi connectivity index (χ4v) is 1.97. The Morgan fingerprint density at radius 2 is 1.75 bits per heavy atom. The second-order valence-electron chi connectivity index (χ2n) is 5.64. The number of aliphatic carboxylic acids is 1. The van der Waals surface area contributed by atoms with Crippen molar-refractivity contribution in [2.75, 3.05) is 0 Å². The lowest BCUT2D eigenvalue weighted by Crippen LogP contribution is -2.52. The summed E-state index contributed by atoms with van der Waals surface area (Å²) in [4.78, 5) is 35.0. The fourth-order valence-electron chi connectivity index (χ4n) is 1.97. The number of carboxylic acid groups (broad SMARTS) is 1. The first-order chi connectivity index (χ1) is 11.3. The highest BCUT2D eigenvalue weighted by Gasteiger charge is 2.27. The molecule has 7 nitrogen and oxygen atoms in total. The number of carboxylic acids is 1. The highest BCUT2D eigenvalue weighted by Crippen LogP contribution is 2.08. The van der Waals surface area contributed by atoms with Crippen LogP contribution in [0.15, 0.2) is 30.3 Å². The minimum Gasteiger partial charge on any atom is -0.480 e. The zero-order valence-electron chi connectivity index (χ0n) is 14.1. The third-order valence-electron chi connectivity index (χ3n) is 3.72. The van der Waals surface area contributed by atoms with E-state index in [1.165, 1.54) is 6.92 Å². The van der Waals surface area contributed by atoms with Gasteiger partial charge in [0, 0.05) is 0 Å². The van der Waals surface area contributed by atoms with Crippen molar-refractivity contribution in [1.82, 2.24) is 10.6 Å². The van der Waals surface area contributed by atoms with Gasteiger partial charge in [0.25, 0.3) is 0 Å². The molecule has 0 aliphatic rings. The van der Waals surface area contributed by atoms with Crippen LogP contribution in [0.4, 0.5) is 4.79 Å². The number of alkyl carbamates (subject to hydrolysis) is 1. The lowest BCUT2D eigenvalue weighted by molar-refractivity contribution is -0.143. The van der Waals surface area contributed by atoms with E-state index in [0.29, 0.717) is 6.42 Å². The molecular formula is C17H24N2O5. The molecule has 0 unspecified atom stereocenters. The molecule has 2 amide bonds. The standard InChI is InChI=1S/C17H24N2O5/c1-4-11(2)14(16(21)22)19-15(20)12(3)18-17(23)24-10-13-8-6-5-7-9-13/h5-9,11-12,14H,4,10H2,1-3H3,(H,18,23)(H,19,20)(H,21,22)/t11-,12-,14-/m0/s1. The molecule has 0 aliphatic heterocycles. The first-order valence-electron chi connectivity index (χ1n) is 7.85. The largest absolute Gasteiger partial charge is 0.480 e. The van der Waals surface area contributed by atoms with Crippen LogP contribution in [0.1, 0.15) is 32.8 Å². The predicted octanol–water partition coefficient (Wildman–Crippen LogP) is 1.92. The molecule has 3 N–H and O–H groups in total. The average Bonchev–Trinajstić information content (AvgIpc) is 2.57. The molecule has 0 fully saturated rings. The molecule has 1 aromatic carbocycles. The summed E-state index contributed by atoms with van der Waals surface area (Å²) in [5, 5.41) is 14.0. The monoisotopic (exact) mass is 336 g/mol. The molecule has 0 aliphatic carbocycles. The van der Waals surface area contributed by atoms with Gasteiger partial charge in [0.05, 0.1) is 0 Å². The van der Waals surface area contributed by atoms with Crippen LogP contribution >= 0.6 is 0 Å². The Morgan fingerprint density at radius 3 is 2.29 bits per heavy atom. The molecule has 0 saturated carbocycles. The number of hydrogen-bond acceptors (Lipinski definition) is 4. The van der Waals surface area contributed by atoms with Crippen LogP contribution in [0.2, 0.25) is 0 Å². The van der Waals surface area contributed by atoms with Crippen molar-refractivity contribution in [3.05, 3.63) is 35.9 Å². The molecular weight excluding hydrogens is 312 g/mol. The Bertz CT molecular complexity index is 561. The number of ether oxygens (including phenoxy) is 1. The summed E-state index contributed by atoms with van der Waals surface area (Å²) in [5.41, 5.74) is 0.826. The maximum atomic E-state index is 12.0. The SMILES string of the molecule is CC[C@H](C)[C@H](NC(=O)[C@H](C)NC(=O)OCc1ccccc1)C(=O)O. The van der Waals surface area contributed by atoms with Gasteiger partial charge in [-0.3, -0.25) is 4.79 Å². The van der Waals surface area contributed by atoms with Crippen molar-refractivity contribution >= 4 is 18.0 Å². The Balaban J connectivity index is 2.47. The van der Waals surface area contributed by atoms with Crippen molar-refractivity contribution in [1.29, 1.82) is 0 Å². The topological polar surface area (TPSA) is 105 Å². The van der Waals surface area contributed by atoms with Crippen molar-refractivity contribution in [3.8, 4) is 0 Å². The van der Waals surface area contributed by atoms with Gasteiger partial charge >= 0.3 is 12.1 Å². The molecule has 3 atom stereocenters. The maximum absolute atomic E-state index is 12.0. The van der Waals surface area contributed by atoms with E-state index in [1.54, 1.807) is 6.92 Å². The molecule has 0 saturated heterocycles. The van der Waals surface area contributed by atoms with E-state index < -0.39 is 30.1 Å². The van der Waals surface area contributed by atoms with Crippen LogP contribution in [0.3, 0.4) is 0 Å². The molecule has 7 heteroatoms. The van der Waals surface area contributed by atoms with Crippen LogP contribution in [-0.2, 0) is 20.9 Å². The predicted molar refractivity (Wildman–Crippen MR) is 88.2 cm³/mol. The number of carbonyl (C=O) groups is 3. The highest BCUT2D eigenvalue weighted by atomic mass is 16.5. The lowest BCUT2D eigenvalue weighted by atomic mass is 9.99. The van der Waals surface area contributed by atoms with Gasteiger partial charge in [-0.25, -0.2) is 9.59 Å². The first-order valence-corrected chi connectivity index (χ1v) is 7.85. The zero-order valence-corrected chi connectivity index (χ0v) is 14.1.